The van der Waals surface area contributed by atoms with Crippen LogP contribution in [0.25, 0.3) is 16.6 Å². The average Bonchev–Trinajstić information content (AvgIpc) is 3.06. The third-order valence-electron chi connectivity index (χ3n) is 4.18. The van der Waals surface area contributed by atoms with E-state index in [1.807, 2.05) is 48.5 Å². The highest BCUT2D eigenvalue weighted by Gasteiger charge is 2.09. The zero-order chi connectivity index (χ0) is 17.9. The molecule has 0 spiro atoms. The fourth-order valence-electron chi connectivity index (χ4n) is 2.94. The number of nitrogens with zero attached hydrogens (tertiary/aromatic N) is 2. The van der Waals surface area contributed by atoms with Crippen LogP contribution in [0.1, 0.15) is 5.56 Å². The van der Waals surface area contributed by atoms with E-state index in [1.54, 1.807) is 23.0 Å². The van der Waals surface area contributed by atoms with Crippen molar-refractivity contribution < 1.29 is 9.13 Å². The van der Waals surface area contributed by atoms with E-state index in [1.165, 1.54) is 12.1 Å². The van der Waals surface area contributed by atoms with Gasteiger partial charge in [0.1, 0.15) is 11.6 Å². The highest BCUT2D eigenvalue weighted by molar-refractivity contribution is 5.81. The first-order valence-corrected chi connectivity index (χ1v) is 8.39. The molecule has 0 aliphatic carbocycles. The van der Waals surface area contributed by atoms with E-state index in [-0.39, 0.29) is 5.82 Å². The second-order valence-electron chi connectivity index (χ2n) is 6.10. The van der Waals surface area contributed by atoms with Gasteiger partial charge in [0.2, 0.25) is 0 Å². The molecule has 0 saturated heterocycles. The van der Waals surface area contributed by atoms with Crippen molar-refractivity contribution in [1.82, 2.24) is 9.78 Å². The van der Waals surface area contributed by atoms with Crippen LogP contribution < -0.4 is 10.5 Å². The van der Waals surface area contributed by atoms with Crippen molar-refractivity contribution in [3.8, 4) is 11.4 Å². The fourth-order valence-corrected chi connectivity index (χ4v) is 2.94. The second-order valence-corrected chi connectivity index (χ2v) is 6.10. The lowest BCUT2D eigenvalue weighted by molar-refractivity contribution is 0.210. The second kappa shape index (κ2) is 6.98. The summed E-state index contributed by atoms with van der Waals surface area (Å²) < 4.78 is 20.7. The Kier molecular flexibility index (Phi) is 4.37. The maximum Gasteiger partial charge on any atom is 0.151 e. The molecule has 0 radical (unpaired) electrons. The Balaban J connectivity index is 1.54. The summed E-state index contributed by atoms with van der Waals surface area (Å²) in [6.07, 6.45) is 1.96. The minimum atomic E-state index is -0.429. The molecule has 1 atom stereocenters. The van der Waals surface area contributed by atoms with Gasteiger partial charge < -0.3 is 4.74 Å². The molecule has 0 unspecified atom stereocenters. The Morgan fingerprint density at radius 2 is 1.77 bits per heavy atom. The monoisotopic (exact) mass is 347 g/mol. The smallest absolute Gasteiger partial charge is 0.151 e. The maximum atomic E-state index is 13.1. The Bertz CT molecular complexity index is 1010. The molecule has 4 aromatic rings. The fraction of sp³-hybridized carbons (Fsp3) is 0.0952. The summed E-state index contributed by atoms with van der Waals surface area (Å²) in [5.41, 5.74) is 8.96. The highest BCUT2D eigenvalue weighted by atomic mass is 19.1. The van der Waals surface area contributed by atoms with Gasteiger partial charge in [-0.25, -0.2) is 9.07 Å². The van der Waals surface area contributed by atoms with Crippen LogP contribution in [0.5, 0.6) is 5.75 Å². The molecule has 1 heterocycles. The number of aromatic nitrogens is 2. The summed E-state index contributed by atoms with van der Waals surface area (Å²) in [6.45, 7) is 0. The van der Waals surface area contributed by atoms with Gasteiger partial charge >= 0.3 is 0 Å². The van der Waals surface area contributed by atoms with Gasteiger partial charge in [0.25, 0.3) is 0 Å². The number of halogens is 1. The number of hydrogen-bond acceptors (Lipinski definition) is 3. The zero-order valence-corrected chi connectivity index (χ0v) is 14.0. The Morgan fingerprint density at radius 3 is 2.54 bits per heavy atom. The van der Waals surface area contributed by atoms with E-state index in [0.717, 1.165) is 22.2 Å². The molecular weight excluding hydrogens is 329 g/mol. The van der Waals surface area contributed by atoms with Gasteiger partial charge in [0.15, 0.2) is 6.23 Å². The van der Waals surface area contributed by atoms with E-state index in [4.69, 9.17) is 10.5 Å². The van der Waals surface area contributed by atoms with Crippen molar-refractivity contribution in [2.75, 3.05) is 0 Å². The molecule has 26 heavy (non-hydrogen) atoms. The number of fused-ring (bicyclic) bond motifs is 1. The van der Waals surface area contributed by atoms with E-state index < -0.39 is 6.23 Å². The van der Waals surface area contributed by atoms with E-state index in [9.17, 15) is 4.39 Å². The van der Waals surface area contributed by atoms with E-state index >= 15 is 0 Å². The van der Waals surface area contributed by atoms with Gasteiger partial charge in [-0.2, -0.15) is 5.10 Å². The Morgan fingerprint density at radius 1 is 1.00 bits per heavy atom. The van der Waals surface area contributed by atoms with Gasteiger partial charge in [-0.1, -0.05) is 30.3 Å². The van der Waals surface area contributed by atoms with Crippen molar-refractivity contribution in [3.63, 3.8) is 0 Å². The first-order valence-electron chi connectivity index (χ1n) is 8.39. The standard InChI is InChI=1S/C21H18FN3O/c22-17-6-8-18(9-7-17)25-20-11-10-19(13-16(20)14-24-25)26-21(23)12-15-4-2-1-3-5-15/h1-11,13-14,21H,12,23H2/t21-/m1/s1. The predicted octanol–water partition coefficient (Wildman–Crippen LogP) is 4.07. The summed E-state index contributed by atoms with van der Waals surface area (Å²) >= 11 is 0. The molecule has 5 heteroatoms. The lowest BCUT2D eigenvalue weighted by Gasteiger charge is -2.15. The van der Waals surface area contributed by atoms with Gasteiger partial charge in [-0.15, -0.1) is 0 Å². The van der Waals surface area contributed by atoms with Crippen LogP contribution in [0.15, 0.2) is 79.0 Å². The number of hydrogen-bond donors (Lipinski definition) is 1. The van der Waals surface area contributed by atoms with Crippen LogP contribution in [-0.4, -0.2) is 16.0 Å². The van der Waals surface area contributed by atoms with Crippen LogP contribution in [0, 0.1) is 5.82 Å². The van der Waals surface area contributed by atoms with Crippen LogP contribution in [0.2, 0.25) is 0 Å². The van der Waals surface area contributed by atoms with Gasteiger partial charge in [-0.3, -0.25) is 5.73 Å². The molecule has 0 amide bonds. The minimum absolute atomic E-state index is 0.270. The summed E-state index contributed by atoms with van der Waals surface area (Å²) in [5, 5.41) is 5.32. The van der Waals surface area contributed by atoms with Crippen LogP contribution in [-0.2, 0) is 6.42 Å². The molecule has 3 aromatic carbocycles. The predicted molar refractivity (Wildman–Crippen MR) is 99.8 cm³/mol. The number of rotatable bonds is 5. The van der Waals surface area contributed by atoms with Gasteiger partial charge in [-0.05, 0) is 48.0 Å². The first-order chi connectivity index (χ1) is 12.7. The molecule has 0 saturated carbocycles. The van der Waals surface area contributed by atoms with Crippen molar-refractivity contribution in [2.24, 2.45) is 5.73 Å². The molecule has 1 aromatic heterocycles. The van der Waals surface area contributed by atoms with Crippen LogP contribution in [0.3, 0.4) is 0 Å². The molecule has 0 aliphatic heterocycles. The molecule has 0 bridgehead atoms. The largest absolute Gasteiger partial charge is 0.475 e. The first kappa shape index (κ1) is 16.3. The van der Waals surface area contributed by atoms with Crippen molar-refractivity contribution in [3.05, 3.63) is 90.4 Å². The summed E-state index contributed by atoms with van der Waals surface area (Å²) in [5.74, 6) is 0.424. The lowest BCUT2D eigenvalue weighted by Crippen LogP contribution is -2.29. The quantitative estimate of drug-likeness (QED) is 0.554. The molecule has 2 N–H and O–H groups in total. The summed E-state index contributed by atoms with van der Waals surface area (Å²) in [7, 11) is 0. The molecule has 4 rings (SSSR count). The molecule has 0 fully saturated rings. The highest BCUT2D eigenvalue weighted by Crippen LogP contribution is 2.24. The number of ether oxygens (including phenoxy) is 1. The van der Waals surface area contributed by atoms with Crippen LogP contribution in [0.4, 0.5) is 4.39 Å². The summed E-state index contributed by atoms with van der Waals surface area (Å²) in [6, 6.07) is 21.9. The van der Waals surface area contributed by atoms with Crippen molar-refractivity contribution in [1.29, 1.82) is 0 Å². The van der Waals surface area contributed by atoms with E-state index in [0.29, 0.717) is 12.2 Å². The SMILES string of the molecule is N[C@@H](Cc1ccccc1)Oc1ccc2c(cnn2-c2ccc(F)cc2)c1. The van der Waals surface area contributed by atoms with Crippen molar-refractivity contribution >= 4 is 10.9 Å². The normalized spacial score (nSPS) is 12.2. The topological polar surface area (TPSA) is 53.1 Å². The average molecular weight is 347 g/mol. The summed E-state index contributed by atoms with van der Waals surface area (Å²) in [4.78, 5) is 0. The third kappa shape index (κ3) is 3.43. The molecule has 0 aliphatic rings. The van der Waals surface area contributed by atoms with E-state index in [2.05, 4.69) is 5.10 Å². The number of nitrogens with two attached hydrogens (primary N) is 1. The zero-order valence-electron chi connectivity index (χ0n) is 14.0. The molecule has 130 valence electrons. The molecular formula is C21H18FN3O. The Labute approximate surface area is 150 Å². The van der Waals surface area contributed by atoms with Gasteiger partial charge in [0.05, 0.1) is 17.4 Å². The maximum absolute atomic E-state index is 13.1. The number of benzene rings is 3. The molecule has 4 nitrogen and oxygen atoms in total. The van der Waals surface area contributed by atoms with Gasteiger partial charge in [0, 0.05) is 11.8 Å². The third-order valence-corrected chi connectivity index (χ3v) is 4.18. The van der Waals surface area contributed by atoms with Crippen molar-refractivity contribution in [2.45, 2.75) is 12.6 Å². The lowest BCUT2D eigenvalue weighted by atomic mass is 10.1. The van der Waals surface area contributed by atoms with Crippen LogP contribution >= 0.6 is 0 Å². The minimum Gasteiger partial charge on any atom is -0.475 e. The Hall–Kier alpha value is -3.18.